The summed E-state index contributed by atoms with van der Waals surface area (Å²) < 4.78 is 5.88. The van der Waals surface area contributed by atoms with E-state index in [0.717, 1.165) is 31.6 Å². The van der Waals surface area contributed by atoms with Crippen LogP contribution in [0.1, 0.15) is 51.7 Å². The fraction of sp³-hybridized carbons (Fsp3) is 0.647. The predicted octanol–water partition coefficient (Wildman–Crippen LogP) is 3.04. The number of fused-ring (bicyclic) bond motifs is 1. The van der Waals surface area contributed by atoms with Crippen molar-refractivity contribution in [1.82, 2.24) is 5.32 Å². The Kier molecular flexibility index (Phi) is 4.40. The maximum absolute atomic E-state index is 10.2. The molecular formula is C17H27NO2. The van der Waals surface area contributed by atoms with E-state index in [1.165, 1.54) is 11.1 Å². The van der Waals surface area contributed by atoms with E-state index in [-0.39, 0.29) is 5.60 Å². The van der Waals surface area contributed by atoms with Gasteiger partial charge in [0, 0.05) is 19.5 Å². The lowest BCUT2D eigenvalue weighted by Gasteiger charge is -2.25. The Bertz CT molecular complexity index is 464. The zero-order valence-electron chi connectivity index (χ0n) is 13.1. The van der Waals surface area contributed by atoms with Gasteiger partial charge in [-0.1, -0.05) is 26.0 Å². The molecule has 0 amide bonds. The highest BCUT2D eigenvalue weighted by molar-refractivity contribution is 5.41. The number of hydrogen-bond acceptors (Lipinski definition) is 3. The lowest BCUT2D eigenvalue weighted by atomic mass is 9.97. The summed E-state index contributed by atoms with van der Waals surface area (Å²) in [7, 11) is 0. The van der Waals surface area contributed by atoms with E-state index >= 15 is 0 Å². The Morgan fingerprint density at radius 2 is 2.00 bits per heavy atom. The molecule has 20 heavy (non-hydrogen) atoms. The molecule has 0 fully saturated rings. The van der Waals surface area contributed by atoms with Gasteiger partial charge in [0.25, 0.3) is 0 Å². The van der Waals surface area contributed by atoms with Crippen LogP contribution in [0, 0.1) is 0 Å². The van der Waals surface area contributed by atoms with Gasteiger partial charge in [-0.3, -0.25) is 0 Å². The van der Waals surface area contributed by atoms with Gasteiger partial charge in [-0.05, 0) is 43.9 Å². The van der Waals surface area contributed by atoms with E-state index in [2.05, 4.69) is 37.4 Å². The Morgan fingerprint density at radius 3 is 2.65 bits per heavy atom. The van der Waals surface area contributed by atoms with Crippen LogP contribution in [0.15, 0.2) is 18.2 Å². The number of benzene rings is 1. The molecule has 1 aliphatic rings. The lowest BCUT2D eigenvalue weighted by molar-refractivity contribution is 0.0323. The van der Waals surface area contributed by atoms with Gasteiger partial charge < -0.3 is 15.2 Å². The standard InChI is InChI=1S/C17H27NO2/c1-5-17(19,6-2)12-18-11-13-7-8-15-14(9-13)10-16(3,4)20-15/h7-9,18-19H,5-6,10-12H2,1-4H3. The van der Waals surface area contributed by atoms with Crippen molar-refractivity contribution in [3.8, 4) is 5.75 Å². The number of rotatable bonds is 6. The highest BCUT2D eigenvalue weighted by atomic mass is 16.5. The predicted molar refractivity (Wildman–Crippen MR) is 82.1 cm³/mol. The van der Waals surface area contributed by atoms with Gasteiger partial charge in [0.1, 0.15) is 11.4 Å². The van der Waals surface area contributed by atoms with E-state index in [4.69, 9.17) is 4.74 Å². The first kappa shape index (κ1) is 15.3. The highest BCUT2D eigenvalue weighted by Gasteiger charge is 2.29. The molecule has 2 N–H and O–H groups in total. The minimum absolute atomic E-state index is 0.0843. The molecular weight excluding hydrogens is 250 g/mol. The van der Waals surface area contributed by atoms with Gasteiger partial charge in [0.2, 0.25) is 0 Å². The summed E-state index contributed by atoms with van der Waals surface area (Å²) in [5.41, 5.74) is 1.87. The van der Waals surface area contributed by atoms with E-state index in [1.807, 2.05) is 13.8 Å². The molecule has 0 saturated heterocycles. The SMILES string of the molecule is CCC(O)(CC)CNCc1ccc2c(c1)CC(C)(C)O2. The molecule has 0 bridgehead atoms. The number of nitrogens with one attached hydrogen (secondary N) is 1. The largest absolute Gasteiger partial charge is 0.487 e. The van der Waals surface area contributed by atoms with Gasteiger partial charge >= 0.3 is 0 Å². The number of aliphatic hydroxyl groups is 1. The topological polar surface area (TPSA) is 41.5 Å². The van der Waals surface area contributed by atoms with Crippen molar-refractivity contribution in [2.45, 2.75) is 64.7 Å². The summed E-state index contributed by atoms with van der Waals surface area (Å²) in [5, 5.41) is 13.6. The number of ether oxygens (including phenoxy) is 1. The van der Waals surface area contributed by atoms with Crippen LogP contribution in [0.2, 0.25) is 0 Å². The van der Waals surface area contributed by atoms with Crippen LogP contribution in [-0.4, -0.2) is 22.9 Å². The van der Waals surface area contributed by atoms with Crippen LogP contribution in [0.3, 0.4) is 0 Å². The van der Waals surface area contributed by atoms with E-state index < -0.39 is 5.60 Å². The third-order valence-corrected chi connectivity index (χ3v) is 4.23. The van der Waals surface area contributed by atoms with Crippen molar-refractivity contribution in [3.05, 3.63) is 29.3 Å². The summed E-state index contributed by atoms with van der Waals surface area (Å²) in [6, 6.07) is 6.38. The Balaban J connectivity index is 1.93. The normalized spacial score (nSPS) is 16.9. The summed E-state index contributed by atoms with van der Waals surface area (Å²) in [6.07, 6.45) is 2.52. The van der Waals surface area contributed by atoms with Crippen molar-refractivity contribution in [2.24, 2.45) is 0 Å². The van der Waals surface area contributed by atoms with Gasteiger partial charge in [0.15, 0.2) is 0 Å². The van der Waals surface area contributed by atoms with Crippen LogP contribution >= 0.6 is 0 Å². The highest BCUT2D eigenvalue weighted by Crippen LogP contribution is 2.35. The molecule has 1 aliphatic heterocycles. The fourth-order valence-electron chi connectivity index (χ4n) is 2.71. The van der Waals surface area contributed by atoms with Crippen LogP contribution in [0.5, 0.6) is 5.75 Å². The van der Waals surface area contributed by atoms with Crippen molar-refractivity contribution in [3.63, 3.8) is 0 Å². The molecule has 0 saturated carbocycles. The molecule has 0 aliphatic carbocycles. The molecule has 2 rings (SSSR count). The Labute approximate surface area is 122 Å². The van der Waals surface area contributed by atoms with Crippen LogP contribution in [0.4, 0.5) is 0 Å². The van der Waals surface area contributed by atoms with Crippen LogP contribution in [0.25, 0.3) is 0 Å². The van der Waals surface area contributed by atoms with Crippen molar-refractivity contribution < 1.29 is 9.84 Å². The summed E-state index contributed by atoms with van der Waals surface area (Å²) >= 11 is 0. The minimum atomic E-state index is -0.582. The van der Waals surface area contributed by atoms with E-state index in [1.54, 1.807) is 0 Å². The summed E-state index contributed by atoms with van der Waals surface area (Å²) in [6.45, 7) is 9.72. The first-order chi connectivity index (χ1) is 9.37. The molecule has 3 heteroatoms. The zero-order chi connectivity index (χ0) is 14.8. The molecule has 1 aromatic carbocycles. The van der Waals surface area contributed by atoms with E-state index in [9.17, 15) is 5.11 Å². The van der Waals surface area contributed by atoms with Crippen LogP contribution < -0.4 is 10.1 Å². The second-order valence-electron chi connectivity index (χ2n) is 6.52. The molecule has 112 valence electrons. The second kappa shape index (κ2) is 5.74. The minimum Gasteiger partial charge on any atom is -0.487 e. The second-order valence-corrected chi connectivity index (χ2v) is 6.52. The third-order valence-electron chi connectivity index (χ3n) is 4.23. The quantitative estimate of drug-likeness (QED) is 0.840. The molecule has 1 aromatic rings. The third kappa shape index (κ3) is 3.53. The van der Waals surface area contributed by atoms with E-state index in [0.29, 0.717) is 6.54 Å². The first-order valence-corrected chi connectivity index (χ1v) is 7.61. The fourth-order valence-corrected chi connectivity index (χ4v) is 2.71. The smallest absolute Gasteiger partial charge is 0.123 e. The maximum Gasteiger partial charge on any atom is 0.123 e. The van der Waals surface area contributed by atoms with Crippen LogP contribution in [-0.2, 0) is 13.0 Å². The van der Waals surface area contributed by atoms with Gasteiger partial charge in [-0.2, -0.15) is 0 Å². The molecule has 1 heterocycles. The Hall–Kier alpha value is -1.06. The van der Waals surface area contributed by atoms with Gasteiger partial charge in [-0.15, -0.1) is 0 Å². The Morgan fingerprint density at radius 1 is 1.30 bits per heavy atom. The maximum atomic E-state index is 10.2. The number of hydrogen-bond donors (Lipinski definition) is 2. The monoisotopic (exact) mass is 277 g/mol. The van der Waals surface area contributed by atoms with Gasteiger partial charge in [-0.25, -0.2) is 0 Å². The molecule has 0 atom stereocenters. The average Bonchev–Trinajstić information content (AvgIpc) is 2.71. The average molecular weight is 277 g/mol. The molecule has 0 spiro atoms. The zero-order valence-corrected chi connectivity index (χ0v) is 13.1. The van der Waals surface area contributed by atoms with Crippen molar-refractivity contribution >= 4 is 0 Å². The van der Waals surface area contributed by atoms with Gasteiger partial charge in [0.05, 0.1) is 5.60 Å². The van der Waals surface area contributed by atoms with Crippen molar-refractivity contribution in [1.29, 1.82) is 0 Å². The summed E-state index contributed by atoms with van der Waals surface area (Å²) in [4.78, 5) is 0. The first-order valence-electron chi connectivity index (χ1n) is 7.61. The summed E-state index contributed by atoms with van der Waals surface area (Å²) in [5.74, 6) is 1.01. The van der Waals surface area contributed by atoms with Crippen molar-refractivity contribution in [2.75, 3.05) is 6.54 Å². The molecule has 3 nitrogen and oxygen atoms in total. The lowest BCUT2D eigenvalue weighted by Crippen LogP contribution is -2.39. The molecule has 0 radical (unpaired) electrons. The molecule has 0 aromatic heterocycles. The molecule has 0 unspecified atom stereocenters.